The summed E-state index contributed by atoms with van der Waals surface area (Å²) in [6, 6.07) is 9.68. The SMILES string of the molecule is CC(C)c1ccc([C@@H](C)N2CCNCC2)cc1.Cl.Cl. The summed E-state index contributed by atoms with van der Waals surface area (Å²) in [6.45, 7) is 11.4. The molecule has 2 nitrogen and oxygen atoms in total. The lowest BCUT2D eigenvalue weighted by Gasteiger charge is -2.33. The summed E-state index contributed by atoms with van der Waals surface area (Å²) in [5.41, 5.74) is 2.87. The Labute approximate surface area is 129 Å². The number of halogens is 2. The Kier molecular flexibility index (Phi) is 8.67. The predicted molar refractivity (Wildman–Crippen MR) is 87.9 cm³/mol. The normalized spacial score (nSPS) is 17.5. The van der Waals surface area contributed by atoms with E-state index >= 15 is 0 Å². The fraction of sp³-hybridized carbons (Fsp3) is 0.600. The van der Waals surface area contributed by atoms with Crippen LogP contribution in [0.3, 0.4) is 0 Å². The quantitative estimate of drug-likeness (QED) is 0.917. The summed E-state index contributed by atoms with van der Waals surface area (Å²) in [7, 11) is 0. The van der Waals surface area contributed by atoms with Crippen LogP contribution < -0.4 is 5.32 Å². The van der Waals surface area contributed by atoms with E-state index in [1.54, 1.807) is 0 Å². The number of hydrogen-bond donors (Lipinski definition) is 1. The maximum absolute atomic E-state index is 3.40. The van der Waals surface area contributed by atoms with Crippen molar-refractivity contribution in [3.63, 3.8) is 0 Å². The average Bonchev–Trinajstić information content (AvgIpc) is 2.39. The van der Waals surface area contributed by atoms with Gasteiger partial charge < -0.3 is 5.32 Å². The molecule has 0 unspecified atom stereocenters. The van der Waals surface area contributed by atoms with Crippen molar-refractivity contribution in [3.05, 3.63) is 35.4 Å². The minimum atomic E-state index is 0. The highest BCUT2D eigenvalue weighted by Crippen LogP contribution is 2.22. The number of hydrogen-bond acceptors (Lipinski definition) is 2. The van der Waals surface area contributed by atoms with E-state index in [1.807, 2.05) is 0 Å². The van der Waals surface area contributed by atoms with Crippen molar-refractivity contribution in [3.8, 4) is 0 Å². The van der Waals surface area contributed by atoms with Gasteiger partial charge in [0, 0.05) is 32.2 Å². The highest BCUT2D eigenvalue weighted by atomic mass is 35.5. The molecule has 1 aliphatic rings. The maximum Gasteiger partial charge on any atom is 0.0320 e. The fourth-order valence-electron chi connectivity index (χ4n) is 2.44. The molecule has 0 bridgehead atoms. The summed E-state index contributed by atoms with van der Waals surface area (Å²) >= 11 is 0. The van der Waals surface area contributed by atoms with Crippen molar-refractivity contribution in [1.82, 2.24) is 10.2 Å². The molecule has 0 amide bonds. The van der Waals surface area contributed by atoms with Crippen LogP contribution >= 0.6 is 24.8 Å². The maximum atomic E-state index is 3.40. The van der Waals surface area contributed by atoms with Gasteiger partial charge in [-0.1, -0.05) is 38.1 Å². The first kappa shape index (κ1) is 18.7. The zero-order chi connectivity index (χ0) is 12.3. The lowest BCUT2D eigenvalue weighted by atomic mass is 9.99. The minimum absolute atomic E-state index is 0. The molecule has 0 spiro atoms. The van der Waals surface area contributed by atoms with Gasteiger partial charge in [-0.25, -0.2) is 0 Å². The number of nitrogens with one attached hydrogen (secondary N) is 1. The molecule has 1 fully saturated rings. The van der Waals surface area contributed by atoms with Crippen LogP contribution in [0.25, 0.3) is 0 Å². The summed E-state index contributed by atoms with van der Waals surface area (Å²) in [4.78, 5) is 2.56. The lowest BCUT2D eigenvalue weighted by Crippen LogP contribution is -2.44. The van der Waals surface area contributed by atoms with Crippen LogP contribution in [0.15, 0.2) is 24.3 Å². The van der Waals surface area contributed by atoms with E-state index in [0.717, 1.165) is 26.2 Å². The van der Waals surface area contributed by atoms with Crippen molar-refractivity contribution < 1.29 is 0 Å². The fourth-order valence-corrected chi connectivity index (χ4v) is 2.44. The highest BCUT2D eigenvalue weighted by molar-refractivity contribution is 5.85. The summed E-state index contributed by atoms with van der Waals surface area (Å²) in [5, 5.41) is 3.40. The molecular formula is C15H26Cl2N2. The minimum Gasteiger partial charge on any atom is -0.314 e. The molecule has 1 atom stereocenters. The Hall–Kier alpha value is -0.280. The van der Waals surface area contributed by atoms with Crippen molar-refractivity contribution in [1.29, 1.82) is 0 Å². The Bertz CT molecular complexity index is 346. The number of piperazine rings is 1. The van der Waals surface area contributed by atoms with Gasteiger partial charge in [-0.2, -0.15) is 0 Å². The van der Waals surface area contributed by atoms with Crippen LogP contribution in [0.1, 0.15) is 43.9 Å². The third kappa shape index (κ3) is 4.96. The smallest absolute Gasteiger partial charge is 0.0320 e. The third-order valence-electron chi connectivity index (χ3n) is 3.78. The van der Waals surface area contributed by atoms with Gasteiger partial charge in [0.15, 0.2) is 0 Å². The molecule has 1 aromatic rings. The van der Waals surface area contributed by atoms with Crippen molar-refractivity contribution in [2.45, 2.75) is 32.7 Å². The molecule has 1 heterocycles. The molecule has 1 saturated heterocycles. The van der Waals surface area contributed by atoms with Gasteiger partial charge in [0.25, 0.3) is 0 Å². The first-order chi connectivity index (χ1) is 8.18. The molecule has 4 heteroatoms. The summed E-state index contributed by atoms with van der Waals surface area (Å²) in [5.74, 6) is 0.624. The first-order valence-corrected chi connectivity index (χ1v) is 6.73. The van der Waals surface area contributed by atoms with Gasteiger partial charge in [0.1, 0.15) is 0 Å². The molecule has 1 aliphatic heterocycles. The first-order valence-electron chi connectivity index (χ1n) is 6.73. The standard InChI is InChI=1S/C15H24N2.2ClH/c1-12(2)14-4-6-15(7-5-14)13(3)17-10-8-16-9-11-17;;/h4-7,12-13,16H,8-11H2,1-3H3;2*1H/t13-;;/m1../s1. The number of nitrogens with zero attached hydrogens (tertiary/aromatic N) is 1. The van der Waals surface area contributed by atoms with E-state index in [2.05, 4.69) is 55.3 Å². The van der Waals surface area contributed by atoms with Gasteiger partial charge in [0.2, 0.25) is 0 Å². The molecule has 19 heavy (non-hydrogen) atoms. The highest BCUT2D eigenvalue weighted by Gasteiger charge is 2.17. The van der Waals surface area contributed by atoms with Crippen molar-refractivity contribution >= 4 is 24.8 Å². The zero-order valence-electron chi connectivity index (χ0n) is 12.1. The average molecular weight is 305 g/mol. The second kappa shape index (κ2) is 8.80. The monoisotopic (exact) mass is 304 g/mol. The summed E-state index contributed by atoms with van der Waals surface area (Å²) in [6.07, 6.45) is 0. The van der Waals surface area contributed by atoms with Crippen LogP contribution in [0.5, 0.6) is 0 Å². The van der Waals surface area contributed by atoms with Gasteiger partial charge in [-0.05, 0) is 24.0 Å². The Morgan fingerprint density at radius 3 is 1.84 bits per heavy atom. The molecule has 1 aromatic carbocycles. The van der Waals surface area contributed by atoms with E-state index < -0.39 is 0 Å². The van der Waals surface area contributed by atoms with Crippen LogP contribution in [-0.4, -0.2) is 31.1 Å². The van der Waals surface area contributed by atoms with E-state index in [0.29, 0.717) is 12.0 Å². The molecular weight excluding hydrogens is 279 g/mol. The Morgan fingerprint density at radius 2 is 1.37 bits per heavy atom. The lowest BCUT2D eigenvalue weighted by molar-refractivity contribution is 0.185. The van der Waals surface area contributed by atoms with Crippen LogP contribution in [0.2, 0.25) is 0 Å². The summed E-state index contributed by atoms with van der Waals surface area (Å²) < 4.78 is 0. The van der Waals surface area contributed by atoms with Crippen LogP contribution in [0.4, 0.5) is 0 Å². The van der Waals surface area contributed by atoms with Crippen LogP contribution in [0, 0.1) is 0 Å². The molecule has 110 valence electrons. The van der Waals surface area contributed by atoms with Gasteiger partial charge >= 0.3 is 0 Å². The molecule has 1 N–H and O–H groups in total. The number of benzene rings is 1. The molecule has 0 radical (unpaired) electrons. The molecule has 0 aromatic heterocycles. The second-order valence-corrected chi connectivity index (χ2v) is 5.28. The molecule has 2 rings (SSSR count). The van der Waals surface area contributed by atoms with E-state index in [4.69, 9.17) is 0 Å². The van der Waals surface area contributed by atoms with Gasteiger partial charge in [-0.3, -0.25) is 4.90 Å². The van der Waals surface area contributed by atoms with Crippen molar-refractivity contribution in [2.24, 2.45) is 0 Å². The van der Waals surface area contributed by atoms with Gasteiger partial charge in [0.05, 0.1) is 0 Å². The van der Waals surface area contributed by atoms with Crippen LogP contribution in [-0.2, 0) is 0 Å². The Balaban J connectivity index is 0.00000162. The molecule has 0 saturated carbocycles. The van der Waals surface area contributed by atoms with E-state index in [9.17, 15) is 0 Å². The van der Waals surface area contributed by atoms with E-state index in [-0.39, 0.29) is 24.8 Å². The zero-order valence-corrected chi connectivity index (χ0v) is 13.7. The van der Waals surface area contributed by atoms with E-state index in [1.165, 1.54) is 11.1 Å². The molecule has 0 aliphatic carbocycles. The third-order valence-corrected chi connectivity index (χ3v) is 3.78. The largest absolute Gasteiger partial charge is 0.314 e. The number of rotatable bonds is 3. The topological polar surface area (TPSA) is 15.3 Å². The van der Waals surface area contributed by atoms with Crippen molar-refractivity contribution in [2.75, 3.05) is 26.2 Å². The second-order valence-electron chi connectivity index (χ2n) is 5.28. The predicted octanol–water partition coefficient (Wildman–Crippen LogP) is 3.62. The van der Waals surface area contributed by atoms with Gasteiger partial charge in [-0.15, -0.1) is 24.8 Å². The Morgan fingerprint density at radius 1 is 0.895 bits per heavy atom.